The van der Waals surface area contributed by atoms with Gasteiger partial charge in [0.1, 0.15) is 0 Å². The standard InChI is InChI=1S/C13H26N2O/c1-13(2,3)8-4-7-12(16)15-10-11-6-5-9-14-11/h11,14H,4-10H2,1-3H3,(H,15,16). The number of carbonyl (C=O) groups is 1. The minimum Gasteiger partial charge on any atom is -0.355 e. The van der Waals surface area contributed by atoms with Crippen LogP contribution in [0.3, 0.4) is 0 Å². The van der Waals surface area contributed by atoms with Gasteiger partial charge in [-0.25, -0.2) is 0 Å². The average molecular weight is 226 g/mol. The van der Waals surface area contributed by atoms with Gasteiger partial charge in [-0.15, -0.1) is 0 Å². The molecule has 1 atom stereocenters. The SMILES string of the molecule is CC(C)(C)CCCC(=O)NCC1CCCN1. The fraction of sp³-hybridized carbons (Fsp3) is 0.923. The van der Waals surface area contributed by atoms with Crippen LogP contribution in [0.2, 0.25) is 0 Å². The Morgan fingerprint density at radius 2 is 2.19 bits per heavy atom. The fourth-order valence-corrected chi connectivity index (χ4v) is 2.04. The van der Waals surface area contributed by atoms with E-state index in [4.69, 9.17) is 0 Å². The zero-order valence-electron chi connectivity index (χ0n) is 10.9. The monoisotopic (exact) mass is 226 g/mol. The van der Waals surface area contributed by atoms with Crippen LogP contribution in [0.15, 0.2) is 0 Å². The van der Waals surface area contributed by atoms with E-state index in [9.17, 15) is 4.79 Å². The molecule has 1 saturated heterocycles. The van der Waals surface area contributed by atoms with Crippen molar-refractivity contribution in [2.75, 3.05) is 13.1 Å². The highest BCUT2D eigenvalue weighted by molar-refractivity contribution is 5.75. The van der Waals surface area contributed by atoms with Gasteiger partial charge in [0, 0.05) is 19.0 Å². The first-order valence-corrected chi connectivity index (χ1v) is 6.47. The van der Waals surface area contributed by atoms with E-state index in [1.54, 1.807) is 0 Å². The molecule has 0 aromatic rings. The Balaban J connectivity index is 2.02. The van der Waals surface area contributed by atoms with Gasteiger partial charge < -0.3 is 10.6 Å². The van der Waals surface area contributed by atoms with Gasteiger partial charge in [-0.1, -0.05) is 20.8 Å². The molecule has 2 N–H and O–H groups in total. The van der Waals surface area contributed by atoms with Gasteiger partial charge in [0.2, 0.25) is 5.91 Å². The molecule has 3 nitrogen and oxygen atoms in total. The molecule has 3 heteroatoms. The van der Waals surface area contributed by atoms with Crippen LogP contribution in [-0.4, -0.2) is 25.0 Å². The Kier molecular flexibility index (Phi) is 5.26. The summed E-state index contributed by atoms with van der Waals surface area (Å²) in [6.45, 7) is 8.55. The van der Waals surface area contributed by atoms with Crippen LogP contribution in [0, 0.1) is 5.41 Å². The van der Waals surface area contributed by atoms with Crippen molar-refractivity contribution < 1.29 is 4.79 Å². The van der Waals surface area contributed by atoms with Gasteiger partial charge in [-0.3, -0.25) is 4.79 Å². The van der Waals surface area contributed by atoms with E-state index in [0.29, 0.717) is 17.9 Å². The number of hydrogen-bond donors (Lipinski definition) is 2. The topological polar surface area (TPSA) is 41.1 Å². The van der Waals surface area contributed by atoms with E-state index < -0.39 is 0 Å². The molecule has 0 aliphatic carbocycles. The van der Waals surface area contributed by atoms with Crippen LogP contribution in [0.4, 0.5) is 0 Å². The molecule has 0 radical (unpaired) electrons. The van der Waals surface area contributed by atoms with E-state index >= 15 is 0 Å². The molecule has 0 saturated carbocycles. The molecule has 16 heavy (non-hydrogen) atoms. The summed E-state index contributed by atoms with van der Waals surface area (Å²) >= 11 is 0. The fourth-order valence-electron chi connectivity index (χ4n) is 2.04. The first-order chi connectivity index (χ1) is 7.47. The molecule has 94 valence electrons. The van der Waals surface area contributed by atoms with Crippen LogP contribution < -0.4 is 10.6 Å². The van der Waals surface area contributed by atoms with Crippen molar-refractivity contribution in [2.45, 2.75) is 58.9 Å². The molecule has 0 bridgehead atoms. The summed E-state index contributed by atoms with van der Waals surface area (Å²) < 4.78 is 0. The van der Waals surface area contributed by atoms with Crippen LogP contribution in [0.1, 0.15) is 52.9 Å². The van der Waals surface area contributed by atoms with Crippen LogP contribution in [-0.2, 0) is 4.79 Å². The molecule has 0 aromatic heterocycles. The lowest BCUT2D eigenvalue weighted by Crippen LogP contribution is -2.37. The third kappa shape index (κ3) is 6.11. The minimum absolute atomic E-state index is 0.206. The Hall–Kier alpha value is -0.570. The van der Waals surface area contributed by atoms with Crippen LogP contribution >= 0.6 is 0 Å². The summed E-state index contributed by atoms with van der Waals surface area (Å²) in [5.41, 5.74) is 0.341. The lowest BCUT2D eigenvalue weighted by Gasteiger charge is -2.17. The summed E-state index contributed by atoms with van der Waals surface area (Å²) in [7, 11) is 0. The molecule has 1 aliphatic rings. The molecule has 1 rings (SSSR count). The lowest BCUT2D eigenvalue weighted by atomic mass is 9.90. The average Bonchev–Trinajstić information content (AvgIpc) is 2.65. The number of nitrogens with one attached hydrogen (secondary N) is 2. The van der Waals surface area contributed by atoms with Gasteiger partial charge in [-0.2, -0.15) is 0 Å². The van der Waals surface area contributed by atoms with E-state index in [0.717, 1.165) is 25.9 Å². The predicted molar refractivity (Wildman–Crippen MR) is 67.3 cm³/mol. The second kappa shape index (κ2) is 6.24. The summed E-state index contributed by atoms with van der Waals surface area (Å²) in [6, 6.07) is 0.506. The van der Waals surface area contributed by atoms with E-state index in [1.165, 1.54) is 12.8 Å². The van der Waals surface area contributed by atoms with Crippen molar-refractivity contribution in [2.24, 2.45) is 5.41 Å². The first-order valence-electron chi connectivity index (χ1n) is 6.47. The van der Waals surface area contributed by atoms with Gasteiger partial charge in [0.25, 0.3) is 0 Å². The molecule has 1 heterocycles. The molecular weight excluding hydrogens is 200 g/mol. The van der Waals surface area contributed by atoms with Crippen LogP contribution in [0.5, 0.6) is 0 Å². The largest absolute Gasteiger partial charge is 0.355 e. The summed E-state index contributed by atoms with van der Waals surface area (Å²) in [5, 5.41) is 6.39. The zero-order chi connectivity index (χ0) is 12.0. The second-order valence-electron chi connectivity index (χ2n) is 6.01. The quantitative estimate of drug-likeness (QED) is 0.753. The van der Waals surface area contributed by atoms with Crippen molar-refractivity contribution in [3.63, 3.8) is 0 Å². The minimum atomic E-state index is 0.206. The highest BCUT2D eigenvalue weighted by Gasteiger charge is 2.15. The summed E-state index contributed by atoms with van der Waals surface area (Å²) in [4.78, 5) is 11.5. The molecule has 1 aliphatic heterocycles. The third-order valence-electron chi connectivity index (χ3n) is 3.04. The highest BCUT2D eigenvalue weighted by atomic mass is 16.1. The number of carbonyl (C=O) groups excluding carboxylic acids is 1. The Morgan fingerprint density at radius 1 is 1.44 bits per heavy atom. The summed E-state index contributed by atoms with van der Waals surface area (Å²) in [6.07, 6.45) is 5.21. The van der Waals surface area contributed by atoms with Gasteiger partial charge in [-0.05, 0) is 37.6 Å². The molecule has 0 aromatic carbocycles. The van der Waals surface area contributed by atoms with Gasteiger partial charge in [0.05, 0.1) is 0 Å². The van der Waals surface area contributed by atoms with Crippen molar-refractivity contribution in [3.05, 3.63) is 0 Å². The Bertz CT molecular complexity index is 214. The Labute approximate surface area is 99.4 Å². The van der Waals surface area contributed by atoms with E-state index in [-0.39, 0.29) is 5.91 Å². The second-order valence-corrected chi connectivity index (χ2v) is 6.01. The zero-order valence-corrected chi connectivity index (χ0v) is 10.9. The predicted octanol–water partition coefficient (Wildman–Crippen LogP) is 2.07. The molecule has 1 amide bonds. The highest BCUT2D eigenvalue weighted by Crippen LogP contribution is 2.21. The summed E-state index contributed by atoms with van der Waals surface area (Å²) in [5.74, 6) is 0.206. The number of amides is 1. The first kappa shape index (κ1) is 13.5. The van der Waals surface area contributed by atoms with Crippen molar-refractivity contribution in [1.82, 2.24) is 10.6 Å². The smallest absolute Gasteiger partial charge is 0.220 e. The lowest BCUT2D eigenvalue weighted by molar-refractivity contribution is -0.121. The maximum Gasteiger partial charge on any atom is 0.220 e. The van der Waals surface area contributed by atoms with Gasteiger partial charge >= 0.3 is 0 Å². The number of rotatable bonds is 5. The van der Waals surface area contributed by atoms with E-state index in [2.05, 4.69) is 31.4 Å². The number of hydrogen-bond acceptors (Lipinski definition) is 2. The van der Waals surface area contributed by atoms with Crippen molar-refractivity contribution >= 4 is 5.91 Å². The molecule has 1 unspecified atom stereocenters. The van der Waals surface area contributed by atoms with E-state index in [1.807, 2.05) is 0 Å². The third-order valence-corrected chi connectivity index (χ3v) is 3.04. The maximum atomic E-state index is 11.5. The van der Waals surface area contributed by atoms with Crippen LogP contribution in [0.25, 0.3) is 0 Å². The molecule has 0 spiro atoms. The molecule has 1 fully saturated rings. The normalized spacial score (nSPS) is 21.1. The Morgan fingerprint density at radius 3 is 2.75 bits per heavy atom. The van der Waals surface area contributed by atoms with Crippen molar-refractivity contribution in [3.8, 4) is 0 Å². The van der Waals surface area contributed by atoms with Gasteiger partial charge in [0.15, 0.2) is 0 Å². The molecular formula is C13H26N2O. The maximum absolute atomic E-state index is 11.5. The van der Waals surface area contributed by atoms with Crippen molar-refractivity contribution in [1.29, 1.82) is 0 Å².